The van der Waals surface area contributed by atoms with Gasteiger partial charge in [0.05, 0.1) is 10.6 Å². The average Bonchev–Trinajstić information content (AvgIpc) is 3.05. The summed E-state index contributed by atoms with van der Waals surface area (Å²) >= 11 is 1.69. The van der Waals surface area contributed by atoms with E-state index >= 15 is 0 Å². The Hall–Kier alpha value is -1.52. The van der Waals surface area contributed by atoms with E-state index in [1.165, 1.54) is 12.8 Å². The fourth-order valence-electron chi connectivity index (χ4n) is 2.26. The van der Waals surface area contributed by atoms with E-state index in [9.17, 15) is 0 Å². The van der Waals surface area contributed by atoms with Gasteiger partial charge in [0.15, 0.2) is 0 Å². The number of hydrogen-bond acceptors (Lipinski definition) is 4. The topological polar surface area (TPSA) is 37.8 Å². The van der Waals surface area contributed by atoms with Crippen LogP contribution in [0.1, 0.15) is 31.9 Å². The largest absolute Gasteiger partial charge is 0.311 e. The van der Waals surface area contributed by atoms with Crippen LogP contribution in [0.2, 0.25) is 0 Å². The summed E-state index contributed by atoms with van der Waals surface area (Å²) in [4.78, 5) is 1.16. The highest BCUT2D eigenvalue weighted by molar-refractivity contribution is 7.13. The van der Waals surface area contributed by atoms with Crippen LogP contribution in [0.4, 0.5) is 0 Å². The van der Waals surface area contributed by atoms with Crippen LogP contribution in [0, 0.1) is 5.92 Å². The van der Waals surface area contributed by atoms with Crippen LogP contribution in [0.15, 0.2) is 42.3 Å². The lowest BCUT2D eigenvalue weighted by atomic mass is 9.99. The number of aromatic nitrogens is 2. The van der Waals surface area contributed by atoms with Gasteiger partial charge >= 0.3 is 0 Å². The Balaban J connectivity index is 1.75. The molecule has 2 aromatic rings. The molecule has 112 valence electrons. The fraction of sp³-hybridized carbons (Fsp3) is 0.412. The number of nitrogens with one attached hydrogen (secondary N) is 1. The molecule has 1 atom stereocenters. The lowest BCUT2D eigenvalue weighted by Crippen LogP contribution is -2.18. The van der Waals surface area contributed by atoms with E-state index in [1.54, 1.807) is 11.3 Å². The zero-order valence-electron chi connectivity index (χ0n) is 12.6. The minimum absolute atomic E-state index is 0.738. The van der Waals surface area contributed by atoms with Gasteiger partial charge in [0, 0.05) is 6.54 Å². The Kier molecular flexibility index (Phi) is 6.57. The molecule has 0 saturated heterocycles. The summed E-state index contributed by atoms with van der Waals surface area (Å²) in [5.41, 5.74) is 1.94. The number of hydrogen-bond donors (Lipinski definition) is 1. The molecule has 0 bridgehead atoms. The highest BCUT2D eigenvalue weighted by Gasteiger charge is 2.04. The van der Waals surface area contributed by atoms with Gasteiger partial charge in [0.25, 0.3) is 0 Å². The smallest absolute Gasteiger partial charge is 0.103 e. The maximum atomic E-state index is 4.29. The van der Waals surface area contributed by atoms with Crippen molar-refractivity contribution in [2.75, 3.05) is 6.54 Å². The molecule has 0 spiro atoms. The molecule has 0 aliphatic carbocycles. The Morgan fingerprint density at radius 2 is 2.24 bits per heavy atom. The first kappa shape index (κ1) is 15.9. The van der Waals surface area contributed by atoms with Crippen molar-refractivity contribution in [3.63, 3.8) is 0 Å². The molecule has 2 heterocycles. The van der Waals surface area contributed by atoms with E-state index in [0.717, 1.165) is 41.7 Å². The standard InChI is InChI=1S/C17H23N3S/c1-3-6-14(4-2)10-11-18-13-15-8-9-16(20-19-15)17-7-5-12-21-17/h3,5,7-9,12,14,18H,1,4,6,10-11,13H2,2H3. The third-order valence-electron chi connectivity index (χ3n) is 3.61. The molecule has 1 N–H and O–H groups in total. The van der Waals surface area contributed by atoms with Crippen LogP contribution in [-0.2, 0) is 6.54 Å². The second kappa shape index (κ2) is 8.70. The summed E-state index contributed by atoms with van der Waals surface area (Å²) in [6.07, 6.45) is 5.52. The maximum absolute atomic E-state index is 4.29. The Bertz CT molecular complexity index is 519. The molecule has 0 fully saturated rings. The summed E-state index contributed by atoms with van der Waals surface area (Å²) < 4.78 is 0. The summed E-state index contributed by atoms with van der Waals surface area (Å²) in [6.45, 7) is 7.85. The SMILES string of the molecule is C=CCC(CC)CCNCc1ccc(-c2cccs2)nn1. The molecule has 0 saturated carbocycles. The van der Waals surface area contributed by atoms with Crippen molar-refractivity contribution in [1.82, 2.24) is 15.5 Å². The lowest BCUT2D eigenvalue weighted by molar-refractivity contribution is 0.454. The minimum Gasteiger partial charge on any atom is -0.311 e. The number of rotatable bonds is 9. The Morgan fingerprint density at radius 3 is 2.86 bits per heavy atom. The van der Waals surface area contributed by atoms with Gasteiger partial charge in [-0.2, -0.15) is 5.10 Å². The summed E-state index contributed by atoms with van der Waals surface area (Å²) in [6, 6.07) is 8.19. The summed E-state index contributed by atoms with van der Waals surface area (Å²) in [5.74, 6) is 0.738. The molecule has 0 radical (unpaired) electrons. The predicted octanol–water partition coefficient (Wildman–Crippen LogP) is 4.29. The number of nitrogens with zero attached hydrogens (tertiary/aromatic N) is 2. The molecule has 1 unspecified atom stereocenters. The molecular formula is C17H23N3S. The van der Waals surface area contributed by atoms with Crippen molar-refractivity contribution in [3.05, 3.63) is 48.0 Å². The molecule has 0 aliphatic rings. The first-order chi connectivity index (χ1) is 10.3. The second-order valence-electron chi connectivity index (χ2n) is 5.15. The van der Waals surface area contributed by atoms with E-state index < -0.39 is 0 Å². The van der Waals surface area contributed by atoms with Crippen LogP contribution in [0.3, 0.4) is 0 Å². The van der Waals surface area contributed by atoms with Gasteiger partial charge in [-0.1, -0.05) is 25.5 Å². The van der Waals surface area contributed by atoms with Gasteiger partial charge < -0.3 is 5.32 Å². The zero-order chi connectivity index (χ0) is 14.9. The number of thiophene rings is 1. The molecule has 3 nitrogen and oxygen atoms in total. The molecule has 21 heavy (non-hydrogen) atoms. The molecule has 0 aliphatic heterocycles. The van der Waals surface area contributed by atoms with E-state index in [4.69, 9.17) is 0 Å². The molecule has 0 amide bonds. The van der Waals surface area contributed by atoms with E-state index in [-0.39, 0.29) is 0 Å². The van der Waals surface area contributed by atoms with E-state index in [1.807, 2.05) is 18.2 Å². The highest BCUT2D eigenvalue weighted by atomic mass is 32.1. The van der Waals surface area contributed by atoms with Crippen molar-refractivity contribution in [3.8, 4) is 10.6 Å². The first-order valence-corrected chi connectivity index (χ1v) is 8.39. The predicted molar refractivity (Wildman–Crippen MR) is 90.3 cm³/mol. The van der Waals surface area contributed by atoms with Crippen molar-refractivity contribution in [2.24, 2.45) is 5.92 Å². The van der Waals surface area contributed by atoms with Crippen molar-refractivity contribution < 1.29 is 0 Å². The quantitative estimate of drug-likeness (QED) is 0.554. The van der Waals surface area contributed by atoms with Crippen LogP contribution in [-0.4, -0.2) is 16.7 Å². The van der Waals surface area contributed by atoms with Gasteiger partial charge in [0.2, 0.25) is 0 Å². The molecule has 2 aromatic heterocycles. The molecule has 2 rings (SSSR count). The third-order valence-corrected chi connectivity index (χ3v) is 4.50. The van der Waals surface area contributed by atoms with Crippen LogP contribution >= 0.6 is 11.3 Å². The maximum Gasteiger partial charge on any atom is 0.103 e. The Labute approximate surface area is 131 Å². The van der Waals surface area contributed by atoms with Crippen molar-refractivity contribution in [2.45, 2.75) is 32.7 Å². The van der Waals surface area contributed by atoms with Gasteiger partial charge in [0.1, 0.15) is 5.69 Å². The van der Waals surface area contributed by atoms with Gasteiger partial charge in [-0.05, 0) is 48.9 Å². The molecule has 4 heteroatoms. The second-order valence-corrected chi connectivity index (χ2v) is 6.10. The van der Waals surface area contributed by atoms with Gasteiger partial charge in [-0.25, -0.2) is 0 Å². The number of allylic oxidation sites excluding steroid dienone is 1. The average molecular weight is 301 g/mol. The van der Waals surface area contributed by atoms with Gasteiger partial charge in [-0.3, -0.25) is 0 Å². The van der Waals surface area contributed by atoms with Crippen LogP contribution in [0.25, 0.3) is 10.6 Å². The van der Waals surface area contributed by atoms with Crippen LogP contribution < -0.4 is 5.32 Å². The molecule has 0 aromatic carbocycles. The zero-order valence-corrected chi connectivity index (χ0v) is 13.4. The normalized spacial score (nSPS) is 12.2. The minimum atomic E-state index is 0.738. The van der Waals surface area contributed by atoms with E-state index in [0.29, 0.717) is 0 Å². The van der Waals surface area contributed by atoms with Gasteiger partial charge in [-0.15, -0.1) is 23.0 Å². The lowest BCUT2D eigenvalue weighted by Gasteiger charge is -2.12. The first-order valence-electron chi connectivity index (χ1n) is 7.51. The molecular weight excluding hydrogens is 278 g/mol. The fourth-order valence-corrected chi connectivity index (χ4v) is 2.95. The van der Waals surface area contributed by atoms with Crippen molar-refractivity contribution >= 4 is 11.3 Å². The van der Waals surface area contributed by atoms with Crippen LogP contribution in [0.5, 0.6) is 0 Å². The highest BCUT2D eigenvalue weighted by Crippen LogP contribution is 2.21. The van der Waals surface area contributed by atoms with Crippen molar-refractivity contribution in [1.29, 1.82) is 0 Å². The summed E-state index contributed by atoms with van der Waals surface area (Å²) in [5, 5.41) is 14.1. The summed E-state index contributed by atoms with van der Waals surface area (Å²) in [7, 11) is 0. The third kappa shape index (κ3) is 5.06. The van der Waals surface area contributed by atoms with E-state index in [2.05, 4.69) is 46.5 Å². The monoisotopic (exact) mass is 301 g/mol. The Morgan fingerprint density at radius 1 is 1.33 bits per heavy atom.